The van der Waals surface area contributed by atoms with Gasteiger partial charge in [-0.1, -0.05) is 35.9 Å². The van der Waals surface area contributed by atoms with Gasteiger partial charge >= 0.3 is 0 Å². The zero-order valence-corrected chi connectivity index (χ0v) is 19.2. The summed E-state index contributed by atoms with van der Waals surface area (Å²) in [6.07, 6.45) is 0. The largest absolute Gasteiger partial charge is 0.355 e. The Morgan fingerprint density at radius 2 is 1.88 bits per heavy atom. The Morgan fingerprint density at radius 1 is 1.15 bits per heavy atom. The number of hydrogen-bond acceptors (Lipinski definition) is 4. The van der Waals surface area contributed by atoms with Crippen LogP contribution in [-0.2, 0) is 16.6 Å². The molecule has 1 aromatic carbocycles. The third-order valence-corrected chi connectivity index (χ3v) is 6.64. The zero-order valence-electron chi connectivity index (χ0n) is 14.5. The normalized spacial score (nSPS) is 11.7. The van der Waals surface area contributed by atoms with E-state index in [1.165, 1.54) is 17.2 Å². The number of sulfonamides is 1. The quantitative estimate of drug-likeness (QED) is 0.223. The fourth-order valence-electron chi connectivity index (χ4n) is 2.09. The van der Waals surface area contributed by atoms with Crippen molar-refractivity contribution in [2.24, 2.45) is 4.99 Å². The highest BCUT2D eigenvalue weighted by atomic mass is 127. The second kappa shape index (κ2) is 11.1. The minimum Gasteiger partial charge on any atom is -0.355 e. The van der Waals surface area contributed by atoms with Crippen LogP contribution in [0.3, 0.4) is 0 Å². The molecule has 1 heterocycles. The summed E-state index contributed by atoms with van der Waals surface area (Å²) in [7, 11) is -1.85. The van der Waals surface area contributed by atoms with E-state index < -0.39 is 10.0 Å². The first-order chi connectivity index (χ1) is 11.9. The molecule has 0 atom stereocenters. The lowest BCUT2D eigenvalue weighted by atomic mass is 10.1. The van der Waals surface area contributed by atoms with Gasteiger partial charge in [-0.3, -0.25) is 4.99 Å². The molecule has 0 radical (unpaired) electrons. The van der Waals surface area contributed by atoms with Crippen molar-refractivity contribution in [3.05, 3.63) is 51.9 Å². The van der Waals surface area contributed by atoms with E-state index >= 15 is 0 Å². The van der Waals surface area contributed by atoms with Gasteiger partial charge in [0.15, 0.2) is 5.96 Å². The van der Waals surface area contributed by atoms with E-state index in [0.717, 1.165) is 11.3 Å². The van der Waals surface area contributed by atoms with Crippen LogP contribution in [0.2, 0.25) is 4.34 Å². The van der Waals surface area contributed by atoms with Crippen molar-refractivity contribution in [3.8, 4) is 0 Å². The van der Waals surface area contributed by atoms with Crippen LogP contribution in [0.25, 0.3) is 0 Å². The lowest BCUT2D eigenvalue weighted by Crippen LogP contribution is -2.41. The van der Waals surface area contributed by atoms with Crippen LogP contribution in [0.4, 0.5) is 0 Å². The van der Waals surface area contributed by atoms with Crippen molar-refractivity contribution < 1.29 is 8.42 Å². The van der Waals surface area contributed by atoms with Crippen molar-refractivity contribution in [3.63, 3.8) is 0 Å². The molecule has 10 heteroatoms. The van der Waals surface area contributed by atoms with Crippen LogP contribution < -0.4 is 15.4 Å². The average molecular weight is 529 g/mol. The summed E-state index contributed by atoms with van der Waals surface area (Å²) in [6, 6.07) is 11.2. The summed E-state index contributed by atoms with van der Waals surface area (Å²) in [4.78, 5) is 4.13. The molecule has 0 aliphatic rings. The number of nitrogens with zero attached hydrogens (tertiary/aromatic N) is 1. The number of rotatable bonds is 7. The van der Waals surface area contributed by atoms with Crippen LogP contribution in [0.1, 0.15) is 11.1 Å². The summed E-state index contributed by atoms with van der Waals surface area (Å²) >= 11 is 6.80. The third kappa shape index (κ3) is 7.03. The highest BCUT2D eigenvalue weighted by molar-refractivity contribution is 14.0. The highest BCUT2D eigenvalue weighted by Gasteiger charge is 2.15. The highest BCUT2D eigenvalue weighted by Crippen LogP contribution is 2.25. The molecule has 2 aromatic rings. The van der Waals surface area contributed by atoms with Crippen molar-refractivity contribution in [2.75, 3.05) is 20.1 Å². The standard InChI is InChI=1S/C16H21ClN4O2S2.HI/c1-12-5-3-4-6-13(12)11-20-16(18-2)19-9-10-21-25(22,23)15-8-7-14(17)24-15;/h3-8,21H,9-11H2,1-2H3,(H2,18,19,20);1H. The lowest BCUT2D eigenvalue weighted by molar-refractivity contribution is 0.582. The Balaban J connectivity index is 0.00000338. The molecule has 0 amide bonds. The number of halogens is 2. The van der Waals surface area contributed by atoms with E-state index in [1.807, 2.05) is 12.1 Å². The number of aliphatic imine (C=N–C) groups is 1. The zero-order chi connectivity index (χ0) is 18.3. The van der Waals surface area contributed by atoms with E-state index in [4.69, 9.17) is 11.6 Å². The van der Waals surface area contributed by atoms with Gasteiger partial charge in [0.1, 0.15) is 4.21 Å². The maximum atomic E-state index is 12.1. The molecule has 2 rings (SSSR count). The van der Waals surface area contributed by atoms with Crippen molar-refractivity contribution in [1.82, 2.24) is 15.4 Å². The van der Waals surface area contributed by atoms with Gasteiger partial charge in [0.2, 0.25) is 10.0 Å². The van der Waals surface area contributed by atoms with E-state index in [-0.39, 0.29) is 34.7 Å². The van der Waals surface area contributed by atoms with Gasteiger partial charge in [0.05, 0.1) is 4.34 Å². The predicted octanol–water partition coefficient (Wildman–Crippen LogP) is 2.97. The fraction of sp³-hybridized carbons (Fsp3) is 0.312. The predicted molar refractivity (Wildman–Crippen MR) is 119 cm³/mol. The summed E-state index contributed by atoms with van der Waals surface area (Å²) in [5.41, 5.74) is 2.38. The summed E-state index contributed by atoms with van der Waals surface area (Å²) in [5.74, 6) is 0.613. The summed E-state index contributed by atoms with van der Waals surface area (Å²) < 4.78 is 27.3. The fourth-order valence-corrected chi connectivity index (χ4v) is 4.65. The number of nitrogens with one attached hydrogen (secondary N) is 3. The van der Waals surface area contributed by atoms with Crippen LogP contribution in [0.5, 0.6) is 0 Å². The molecule has 0 bridgehead atoms. The van der Waals surface area contributed by atoms with Gasteiger partial charge in [-0.2, -0.15) is 0 Å². The smallest absolute Gasteiger partial charge is 0.250 e. The molecule has 6 nitrogen and oxygen atoms in total. The second-order valence-corrected chi connectivity index (χ2v) is 8.94. The number of guanidine groups is 1. The molecule has 26 heavy (non-hydrogen) atoms. The van der Waals surface area contributed by atoms with E-state index in [2.05, 4.69) is 39.4 Å². The summed E-state index contributed by atoms with van der Waals surface area (Å²) in [5, 5.41) is 6.28. The third-order valence-electron chi connectivity index (χ3n) is 3.45. The Kier molecular flexibility index (Phi) is 9.86. The Labute approximate surface area is 180 Å². The molecule has 0 saturated heterocycles. The maximum absolute atomic E-state index is 12.1. The SMILES string of the molecule is CN=C(NCCNS(=O)(=O)c1ccc(Cl)s1)NCc1ccccc1C.I. The first-order valence-corrected chi connectivity index (χ1v) is 10.3. The van der Waals surface area contributed by atoms with Gasteiger partial charge in [-0.25, -0.2) is 13.1 Å². The maximum Gasteiger partial charge on any atom is 0.250 e. The van der Waals surface area contributed by atoms with Crippen LogP contribution >= 0.6 is 46.9 Å². The van der Waals surface area contributed by atoms with E-state index in [9.17, 15) is 8.42 Å². The molecule has 0 spiro atoms. The monoisotopic (exact) mass is 528 g/mol. The average Bonchev–Trinajstić information content (AvgIpc) is 3.03. The Hall–Kier alpha value is -0.880. The van der Waals surface area contributed by atoms with Crippen molar-refractivity contribution >= 4 is 62.9 Å². The number of aryl methyl sites for hydroxylation is 1. The Morgan fingerprint density at radius 3 is 2.50 bits per heavy atom. The minimum atomic E-state index is -3.52. The molecule has 1 aromatic heterocycles. The van der Waals surface area contributed by atoms with Gasteiger partial charge in [0.25, 0.3) is 0 Å². The van der Waals surface area contributed by atoms with Gasteiger partial charge in [0, 0.05) is 26.7 Å². The van der Waals surface area contributed by atoms with Crippen LogP contribution in [0, 0.1) is 6.92 Å². The lowest BCUT2D eigenvalue weighted by Gasteiger charge is -2.13. The van der Waals surface area contributed by atoms with E-state index in [0.29, 0.717) is 23.4 Å². The molecule has 0 fully saturated rings. The number of benzene rings is 1. The van der Waals surface area contributed by atoms with Crippen molar-refractivity contribution in [1.29, 1.82) is 0 Å². The van der Waals surface area contributed by atoms with Crippen molar-refractivity contribution in [2.45, 2.75) is 17.7 Å². The first kappa shape index (κ1) is 23.2. The van der Waals surface area contributed by atoms with Gasteiger partial charge < -0.3 is 10.6 Å². The topological polar surface area (TPSA) is 82.6 Å². The van der Waals surface area contributed by atoms with Crippen LogP contribution in [-0.4, -0.2) is 34.5 Å². The van der Waals surface area contributed by atoms with E-state index in [1.54, 1.807) is 13.1 Å². The Bertz CT molecular complexity index is 840. The first-order valence-electron chi connectivity index (χ1n) is 7.66. The molecule has 144 valence electrons. The molecule has 0 unspecified atom stereocenters. The minimum absolute atomic E-state index is 0. The molecular weight excluding hydrogens is 507 g/mol. The molecule has 0 saturated carbocycles. The molecule has 0 aliphatic carbocycles. The van der Waals surface area contributed by atoms with Crippen LogP contribution in [0.15, 0.2) is 45.6 Å². The number of thiophene rings is 1. The molecular formula is C16H22ClIN4O2S2. The second-order valence-electron chi connectivity index (χ2n) is 5.24. The number of hydrogen-bond donors (Lipinski definition) is 3. The summed E-state index contributed by atoms with van der Waals surface area (Å²) in [6.45, 7) is 3.35. The molecule has 3 N–H and O–H groups in total. The van der Waals surface area contributed by atoms with Gasteiger partial charge in [-0.15, -0.1) is 35.3 Å². The van der Waals surface area contributed by atoms with Gasteiger partial charge in [-0.05, 0) is 30.2 Å². The molecule has 0 aliphatic heterocycles.